The molecule has 7 heteroatoms. The smallest absolute Gasteiger partial charge is 0.246 e. The van der Waals surface area contributed by atoms with E-state index in [0.29, 0.717) is 36.2 Å². The molecule has 0 saturated heterocycles. The van der Waals surface area contributed by atoms with Crippen LogP contribution >= 0.6 is 11.6 Å². The van der Waals surface area contributed by atoms with Gasteiger partial charge in [0.25, 0.3) is 0 Å². The van der Waals surface area contributed by atoms with Gasteiger partial charge in [-0.1, -0.05) is 46.6 Å². The first-order valence-electron chi connectivity index (χ1n) is 9.03. The molecule has 146 valence electrons. The summed E-state index contributed by atoms with van der Waals surface area (Å²) >= 11 is 5.84. The fourth-order valence-corrected chi connectivity index (χ4v) is 2.69. The monoisotopic (exact) mass is 399 g/mol. The zero-order valence-electron chi connectivity index (χ0n) is 15.9. The molecule has 28 heavy (non-hydrogen) atoms. The number of benzene rings is 2. The molecular formula is C21H22ClN3O3. The SMILES string of the molecule is Cc1ccc(-c2noc(CN(C)C(=O)CCCOc3ccc(Cl)cc3)n2)cc1. The lowest BCUT2D eigenvalue weighted by molar-refractivity contribution is -0.131. The van der Waals surface area contributed by atoms with Crippen LogP contribution in [0.1, 0.15) is 24.3 Å². The van der Waals surface area contributed by atoms with Crippen LogP contribution < -0.4 is 4.74 Å². The van der Waals surface area contributed by atoms with Crippen molar-refractivity contribution in [3.63, 3.8) is 0 Å². The van der Waals surface area contributed by atoms with Crippen molar-refractivity contribution in [1.29, 1.82) is 0 Å². The molecule has 1 amide bonds. The summed E-state index contributed by atoms with van der Waals surface area (Å²) in [6.07, 6.45) is 0.993. The zero-order valence-corrected chi connectivity index (χ0v) is 16.6. The van der Waals surface area contributed by atoms with E-state index in [2.05, 4.69) is 10.1 Å². The van der Waals surface area contributed by atoms with Crippen molar-refractivity contribution in [3.05, 3.63) is 65.0 Å². The van der Waals surface area contributed by atoms with Gasteiger partial charge in [-0.15, -0.1) is 0 Å². The van der Waals surface area contributed by atoms with E-state index in [1.165, 1.54) is 0 Å². The van der Waals surface area contributed by atoms with Gasteiger partial charge in [0.2, 0.25) is 17.6 Å². The van der Waals surface area contributed by atoms with Crippen molar-refractivity contribution in [2.75, 3.05) is 13.7 Å². The molecule has 0 N–H and O–H groups in total. The molecule has 0 radical (unpaired) electrons. The Morgan fingerprint density at radius 1 is 1.14 bits per heavy atom. The van der Waals surface area contributed by atoms with Crippen LogP contribution in [0.25, 0.3) is 11.4 Å². The molecule has 1 heterocycles. The molecule has 2 aromatic carbocycles. The number of ether oxygens (including phenoxy) is 1. The Hall–Kier alpha value is -2.86. The summed E-state index contributed by atoms with van der Waals surface area (Å²) in [5, 5.41) is 4.65. The molecule has 0 fully saturated rings. The Morgan fingerprint density at radius 2 is 1.86 bits per heavy atom. The van der Waals surface area contributed by atoms with Gasteiger partial charge in [-0.25, -0.2) is 0 Å². The first kappa shape index (κ1) is 19.9. The maximum atomic E-state index is 12.3. The predicted molar refractivity (Wildman–Crippen MR) is 107 cm³/mol. The van der Waals surface area contributed by atoms with Gasteiger partial charge in [-0.3, -0.25) is 4.79 Å². The number of nitrogens with zero attached hydrogens (tertiary/aromatic N) is 3. The number of amides is 1. The van der Waals surface area contributed by atoms with Crippen molar-refractivity contribution in [2.45, 2.75) is 26.3 Å². The number of aryl methyl sites for hydroxylation is 1. The van der Waals surface area contributed by atoms with E-state index in [9.17, 15) is 4.79 Å². The first-order chi connectivity index (χ1) is 13.5. The summed E-state index contributed by atoms with van der Waals surface area (Å²) in [5.41, 5.74) is 2.05. The van der Waals surface area contributed by atoms with Crippen molar-refractivity contribution >= 4 is 17.5 Å². The number of halogens is 1. The fraction of sp³-hybridized carbons (Fsp3) is 0.286. The number of rotatable bonds is 8. The quantitative estimate of drug-likeness (QED) is 0.521. The van der Waals surface area contributed by atoms with Gasteiger partial charge >= 0.3 is 0 Å². The summed E-state index contributed by atoms with van der Waals surface area (Å²) in [5.74, 6) is 1.66. The van der Waals surface area contributed by atoms with Crippen LogP contribution in [0, 0.1) is 6.92 Å². The predicted octanol–water partition coefficient (Wildman–Crippen LogP) is 4.52. The standard InChI is InChI=1S/C21H22ClN3O3/c1-15-5-7-16(8-6-15)21-23-19(28-24-21)14-25(2)20(26)4-3-13-27-18-11-9-17(22)10-12-18/h5-12H,3-4,13-14H2,1-2H3. The van der Waals surface area contributed by atoms with Crippen molar-refractivity contribution in [3.8, 4) is 17.1 Å². The van der Waals surface area contributed by atoms with Gasteiger partial charge in [0.1, 0.15) is 5.75 Å². The minimum absolute atomic E-state index is 0.00482. The average Bonchev–Trinajstić information content (AvgIpc) is 3.15. The minimum atomic E-state index is -0.00482. The average molecular weight is 400 g/mol. The maximum absolute atomic E-state index is 12.3. The summed E-state index contributed by atoms with van der Waals surface area (Å²) < 4.78 is 10.9. The molecule has 1 aromatic heterocycles. The first-order valence-corrected chi connectivity index (χ1v) is 9.41. The van der Waals surface area contributed by atoms with Gasteiger partial charge in [-0.2, -0.15) is 4.98 Å². The van der Waals surface area contributed by atoms with Crippen LogP contribution in [-0.2, 0) is 11.3 Å². The molecule has 0 spiro atoms. The summed E-state index contributed by atoms with van der Waals surface area (Å²) in [6, 6.07) is 15.0. The van der Waals surface area contributed by atoms with Crippen LogP contribution in [0.15, 0.2) is 53.1 Å². The van der Waals surface area contributed by atoms with E-state index >= 15 is 0 Å². The molecular weight excluding hydrogens is 378 g/mol. The fourth-order valence-electron chi connectivity index (χ4n) is 2.57. The second-order valence-corrected chi connectivity index (χ2v) is 6.97. The van der Waals surface area contributed by atoms with E-state index < -0.39 is 0 Å². The third kappa shape index (κ3) is 5.57. The van der Waals surface area contributed by atoms with Gasteiger partial charge in [0.15, 0.2) is 0 Å². The van der Waals surface area contributed by atoms with E-state index in [1.807, 2.05) is 31.2 Å². The van der Waals surface area contributed by atoms with E-state index in [4.69, 9.17) is 20.9 Å². The molecule has 0 aliphatic carbocycles. The summed E-state index contributed by atoms with van der Waals surface area (Å²) in [4.78, 5) is 18.2. The van der Waals surface area contributed by atoms with Crippen LogP contribution in [0.4, 0.5) is 0 Å². The lowest BCUT2D eigenvalue weighted by atomic mass is 10.1. The molecule has 0 aliphatic rings. The highest BCUT2D eigenvalue weighted by atomic mass is 35.5. The zero-order chi connectivity index (χ0) is 19.9. The third-order valence-electron chi connectivity index (χ3n) is 4.19. The van der Waals surface area contributed by atoms with Gasteiger partial charge in [-0.05, 0) is 37.6 Å². The van der Waals surface area contributed by atoms with Gasteiger partial charge in [0, 0.05) is 24.1 Å². The molecule has 6 nitrogen and oxygen atoms in total. The summed E-state index contributed by atoms with van der Waals surface area (Å²) in [7, 11) is 1.72. The van der Waals surface area contributed by atoms with Gasteiger partial charge in [0.05, 0.1) is 13.2 Å². The van der Waals surface area contributed by atoms with Crippen LogP contribution in [-0.4, -0.2) is 34.6 Å². The molecule has 0 aliphatic heterocycles. The molecule has 0 atom stereocenters. The van der Waals surface area contributed by atoms with Crippen molar-refractivity contribution < 1.29 is 14.1 Å². The molecule has 0 saturated carbocycles. The highest BCUT2D eigenvalue weighted by molar-refractivity contribution is 6.30. The molecule has 3 rings (SSSR count). The largest absolute Gasteiger partial charge is 0.494 e. The minimum Gasteiger partial charge on any atom is -0.494 e. The number of carbonyl (C=O) groups excluding carboxylic acids is 1. The Morgan fingerprint density at radius 3 is 2.57 bits per heavy atom. The Bertz CT molecular complexity index is 907. The van der Waals surface area contributed by atoms with E-state index in [1.54, 1.807) is 36.2 Å². The number of hydrogen-bond donors (Lipinski definition) is 0. The highest BCUT2D eigenvalue weighted by Gasteiger charge is 2.14. The number of carbonyl (C=O) groups is 1. The third-order valence-corrected chi connectivity index (χ3v) is 4.45. The second-order valence-electron chi connectivity index (χ2n) is 6.53. The van der Waals surface area contributed by atoms with Crippen LogP contribution in [0.2, 0.25) is 5.02 Å². The normalized spacial score (nSPS) is 10.7. The van der Waals surface area contributed by atoms with Gasteiger partial charge < -0.3 is 14.2 Å². The van der Waals surface area contributed by atoms with Crippen LogP contribution in [0.3, 0.4) is 0 Å². The van der Waals surface area contributed by atoms with E-state index in [0.717, 1.165) is 16.9 Å². The number of aromatic nitrogens is 2. The Labute approximate surface area is 169 Å². The van der Waals surface area contributed by atoms with E-state index in [-0.39, 0.29) is 12.5 Å². The topological polar surface area (TPSA) is 68.5 Å². The lowest BCUT2D eigenvalue weighted by Gasteiger charge is -2.14. The summed E-state index contributed by atoms with van der Waals surface area (Å²) in [6.45, 7) is 2.75. The Kier molecular flexibility index (Phi) is 6.66. The van der Waals surface area contributed by atoms with Crippen LogP contribution in [0.5, 0.6) is 5.75 Å². The highest BCUT2D eigenvalue weighted by Crippen LogP contribution is 2.17. The molecule has 0 bridgehead atoms. The molecule has 3 aromatic rings. The second kappa shape index (κ2) is 9.37. The van der Waals surface area contributed by atoms with Crippen molar-refractivity contribution in [2.24, 2.45) is 0 Å². The maximum Gasteiger partial charge on any atom is 0.246 e. The molecule has 0 unspecified atom stereocenters. The Balaban J connectivity index is 1.44. The number of hydrogen-bond acceptors (Lipinski definition) is 5. The lowest BCUT2D eigenvalue weighted by Crippen LogP contribution is -2.26. The van der Waals surface area contributed by atoms with Crippen molar-refractivity contribution in [1.82, 2.24) is 15.0 Å².